The molecule has 8 heteroatoms. The lowest BCUT2D eigenvalue weighted by molar-refractivity contribution is -0.153. The van der Waals surface area contributed by atoms with Gasteiger partial charge in [-0.15, -0.1) is 0 Å². The van der Waals surface area contributed by atoms with Crippen molar-refractivity contribution in [3.8, 4) is 0 Å². The summed E-state index contributed by atoms with van der Waals surface area (Å²) in [4.78, 5) is 40.9. The first-order valence-corrected chi connectivity index (χ1v) is 9.81. The number of carbonyl (C=O) groups is 2. The number of nitrogens with one attached hydrogen (secondary N) is 2. The molecule has 1 aromatic carbocycles. The number of aromatic nitrogens is 3. The Morgan fingerprint density at radius 2 is 2.10 bits per heavy atom. The highest BCUT2D eigenvalue weighted by Crippen LogP contribution is 2.21. The summed E-state index contributed by atoms with van der Waals surface area (Å²) in [6.07, 6.45) is 5.49. The second kappa shape index (κ2) is 7.29. The minimum absolute atomic E-state index is 0.0133. The van der Waals surface area contributed by atoms with Crippen molar-refractivity contribution in [3.63, 3.8) is 0 Å². The van der Waals surface area contributed by atoms with E-state index in [1.54, 1.807) is 23.6 Å². The normalized spacial score (nSPS) is 22.6. The monoisotopic (exact) mass is 390 g/mol. The molecule has 0 unspecified atom stereocenters. The van der Waals surface area contributed by atoms with E-state index in [1.165, 1.54) is 5.56 Å². The molecule has 2 aromatic heterocycles. The fourth-order valence-electron chi connectivity index (χ4n) is 4.24. The van der Waals surface area contributed by atoms with Gasteiger partial charge in [-0.25, -0.2) is 4.98 Å². The lowest BCUT2D eigenvalue weighted by Crippen LogP contribution is -2.69. The predicted molar refractivity (Wildman–Crippen MR) is 107 cm³/mol. The number of pyridine rings is 1. The molecule has 2 fully saturated rings. The van der Waals surface area contributed by atoms with Gasteiger partial charge in [0.1, 0.15) is 12.1 Å². The molecule has 2 aliphatic rings. The third kappa shape index (κ3) is 3.47. The number of carbonyl (C=O) groups excluding carboxylic acids is 2. The summed E-state index contributed by atoms with van der Waals surface area (Å²) in [5, 5.41) is 4.01. The van der Waals surface area contributed by atoms with Crippen molar-refractivity contribution < 1.29 is 9.59 Å². The number of piperazine rings is 2. The van der Waals surface area contributed by atoms with E-state index in [4.69, 9.17) is 0 Å². The number of hydrogen-bond donors (Lipinski definition) is 2. The third-order valence-corrected chi connectivity index (χ3v) is 5.72. The van der Waals surface area contributed by atoms with E-state index in [0.29, 0.717) is 19.5 Å². The van der Waals surface area contributed by atoms with Crippen LogP contribution in [0.25, 0.3) is 10.9 Å². The molecule has 0 radical (unpaired) electrons. The Labute approximate surface area is 167 Å². The van der Waals surface area contributed by atoms with E-state index in [-0.39, 0.29) is 11.8 Å². The molecular weight excluding hydrogens is 368 g/mol. The third-order valence-electron chi connectivity index (χ3n) is 5.72. The van der Waals surface area contributed by atoms with Crippen molar-refractivity contribution in [1.29, 1.82) is 0 Å². The average Bonchev–Trinajstić information content (AvgIpc) is 3.25. The zero-order valence-electron chi connectivity index (χ0n) is 15.9. The number of aromatic amines is 1. The molecule has 0 saturated carbocycles. The molecule has 2 aliphatic heterocycles. The summed E-state index contributed by atoms with van der Waals surface area (Å²) in [5.74, 6) is -0.0952. The van der Waals surface area contributed by atoms with Gasteiger partial charge in [0, 0.05) is 56.1 Å². The second-order valence-electron chi connectivity index (χ2n) is 7.66. The summed E-state index contributed by atoms with van der Waals surface area (Å²) in [6.45, 7) is 2.59. The van der Waals surface area contributed by atoms with Crippen molar-refractivity contribution in [3.05, 3.63) is 60.3 Å². The van der Waals surface area contributed by atoms with E-state index < -0.39 is 12.1 Å². The first-order chi connectivity index (χ1) is 14.2. The predicted octanol–water partition coefficient (Wildman–Crippen LogP) is 0.712. The van der Waals surface area contributed by atoms with Crippen LogP contribution in [0.1, 0.15) is 11.3 Å². The van der Waals surface area contributed by atoms with Crippen LogP contribution < -0.4 is 5.32 Å². The van der Waals surface area contributed by atoms with E-state index in [9.17, 15) is 9.59 Å². The number of nitrogens with zero attached hydrogens (tertiary/aromatic N) is 4. The number of imidazole rings is 1. The molecule has 8 nitrogen and oxygen atoms in total. The van der Waals surface area contributed by atoms with Crippen molar-refractivity contribution in [2.45, 2.75) is 25.0 Å². The fraction of sp³-hybridized carbons (Fsp3) is 0.333. The highest BCUT2D eigenvalue weighted by molar-refractivity contribution is 5.97. The van der Waals surface area contributed by atoms with Crippen molar-refractivity contribution in [1.82, 2.24) is 30.1 Å². The summed E-state index contributed by atoms with van der Waals surface area (Å²) in [7, 11) is 0. The number of benzene rings is 1. The van der Waals surface area contributed by atoms with Gasteiger partial charge in [0.25, 0.3) is 0 Å². The summed E-state index contributed by atoms with van der Waals surface area (Å²) in [5.41, 5.74) is 2.99. The Hall–Kier alpha value is -3.26. The number of rotatable bonds is 4. The lowest BCUT2D eigenvalue weighted by Gasteiger charge is -2.45. The maximum Gasteiger partial charge on any atom is 0.246 e. The zero-order valence-corrected chi connectivity index (χ0v) is 15.9. The number of amides is 2. The molecule has 148 valence electrons. The maximum atomic E-state index is 12.9. The summed E-state index contributed by atoms with van der Waals surface area (Å²) >= 11 is 0. The van der Waals surface area contributed by atoms with Gasteiger partial charge in [0.05, 0.1) is 11.8 Å². The van der Waals surface area contributed by atoms with Crippen LogP contribution in [0, 0.1) is 0 Å². The Morgan fingerprint density at radius 3 is 2.97 bits per heavy atom. The van der Waals surface area contributed by atoms with Crippen LogP contribution in [-0.2, 0) is 22.6 Å². The Balaban J connectivity index is 1.27. The smallest absolute Gasteiger partial charge is 0.246 e. The fourth-order valence-corrected chi connectivity index (χ4v) is 4.24. The van der Waals surface area contributed by atoms with Gasteiger partial charge in [0.2, 0.25) is 11.8 Å². The van der Waals surface area contributed by atoms with Crippen LogP contribution >= 0.6 is 0 Å². The molecule has 5 rings (SSSR count). The van der Waals surface area contributed by atoms with E-state index in [2.05, 4.69) is 43.4 Å². The second-order valence-corrected chi connectivity index (χ2v) is 7.66. The minimum atomic E-state index is -0.529. The van der Waals surface area contributed by atoms with Gasteiger partial charge in [-0.1, -0.05) is 12.1 Å². The van der Waals surface area contributed by atoms with E-state index in [1.807, 2.05) is 12.1 Å². The SMILES string of the molecule is O=C1N[C@H](Cc2cnc[nH]2)C(=O)N2CCN(Cc3ccc4ncccc4c3)C[C@@H]12. The highest BCUT2D eigenvalue weighted by Gasteiger charge is 2.43. The molecule has 2 atom stereocenters. The van der Waals surface area contributed by atoms with Gasteiger partial charge < -0.3 is 15.2 Å². The molecule has 29 heavy (non-hydrogen) atoms. The Morgan fingerprint density at radius 1 is 1.17 bits per heavy atom. The Kier molecular flexibility index (Phi) is 4.48. The molecule has 2 amide bonds. The molecule has 3 aromatic rings. The van der Waals surface area contributed by atoms with Crippen LogP contribution in [0.2, 0.25) is 0 Å². The van der Waals surface area contributed by atoms with Crippen LogP contribution in [0.4, 0.5) is 0 Å². The van der Waals surface area contributed by atoms with Gasteiger partial charge >= 0.3 is 0 Å². The largest absolute Gasteiger partial charge is 0.348 e. The van der Waals surface area contributed by atoms with Crippen LogP contribution in [0.5, 0.6) is 0 Å². The molecule has 2 N–H and O–H groups in total. The molecule has 0 aliphatic carbocycles. The van der Waals surface area contributed by atoms with Crippen molar-refractivity contribution >= 4 is 22.7 Å². The summed E-state index contributed by atoms with van der Waals surface area (Å²) in [6, 6.07) is 9.27. The van der Waals surface area contributed by atoms with Crippen molar-refractivity contribution in [2.24, 2.45) is 0 Å². The quantitative estimate of drug-likeness (QED) is 0.684. The first-order valence-electron chi connectivity index (χ1n) is 9.81. The van der Waals surface area contributed by atoms with Gasteiger partial charge in [-0.3, -0.25) is 19.5 Å². The van der Waals surface area contributed by atoms with E-state index >= 15 is 0 Å². The number of H-pyrrole nitrogens is 1. The standard InChI is InChI=1S/C21H22N6O2/c28-20-19-12-26(11-14-3-4-17-15(8-14)2-1-5-23-17)6-7-27(19)21(29)18(25-20)9-16-10-22-13-24-16/h1-5,8,10,13,18-19H,6-7,9,11-12H2,(H,22,24)(H,25,28)/t18-,19+/m1/s1. The molecular formula is C21H22N6O2. The minimum Gasteiger partial charge on any atom is -0.348 e. The molecule has 4 heterocycles. The maximum absolute atomic E-state index is 12.9. The van der Waals surface area contributed by atoms with Crippen LogP contribution in [-0.4, -0.2) is 68.3 Å². The van der Waals surface area contributed by atoms with Crippen LogP contribution in [0.15, 0.2) is 49.1 Å². The highest BCUT2D eigenvalue weighted by atomic mass is 16.2. The van der Waals surface area contributed by atoms with Gasteiger partial charge in [-0.05, 0) is 23.8 Å². The molecule has 2 saturated heterocycles. The van der Waals surface area contributed by atoms with Crippen molar-refractivity contribution in [2.75, 3.05) is 19.6 Å². The zero-order chi connectivity index (χ0) is 19.8. The lowest BCUT2D eigenvalue weighted by atomic mass is 10.0. The topological polar surface area (TPSA) is 94.2 Å². The first kappa shape index (κ1) is 17.8. The molecule has 0 bridgehead atoms. The Bertz CT molecular complexity index is 1050. The van der Waals surface area contributed by atoms with Crippen LogP contribution in [0.3, 0.4) is 0 Å². The summed E-state index contributed by atoms with van der Waals surface area (Å²) < 4.78 is 0. The van der Waals surface area contributed by atoms with E-state index in [0.717, 1.165) is 29.7 Å². The van der Waals surface area contributed by atoms with Gasteiger partial charge in [-0.2, -0.15) is 0 Å². The number of hydrogen-bond acceptors (Lipinski definition) is 5. The number of fused-ring (bicyclic) bond motifs is 2. The average molecular weight is 390 g/mol. The van der Waals surface area contributed by atoms with Gasteiger partial charge in [0.15, 0.2) is 0 Å². The molecule has 0 spiro atoms.